The van der Waals surface area contributed by atoms with Crippen LogP contribution in [0.5, 0.6) is 0 Å². The van der Waals surface area contributed by atoms with Crippen molar-refractivity contribution in [3.05, 3.63) is 15.5 Å². The fourth-order valence-electron chi connectivity index (χ4n) is 0.454. The van der Waals surface area contributed by atoms with E-state index in [2.05, 4.69) is 14.4 Å². The first-order chi connectivity index (χ1) is 4.74. The van der Waals surface area contributed by atoms with Crippen LogP contribution >= 0.6 is 22.6 Å². The van der Waals surface area contributed by atoms with Crippen LogP contribution < -0.4 is 0 Å². The van der Waals surface area contributed by atoms with Crippen LogP contribution in [-0.2, 0) is 4.74 Å². The topological polar surface area (TPSA) is 52.3 Å². The molecule has 1 heterocycles. The summed E-state index contributed by atoms with van der Waals surface area (Å²) in [6.07, 6.45) is 0. The van der Waals surface area contributed by atoms with Crippen molar-refractivity contribution in [3.63, 3.8) is 0 Å². The number of esters is 1. The summed E-state index contributed by atoms with van der Waals surface area (Å²) in [5, 5.41) is 3.43. The second-order valence-corrected chi connectivity index (χ2v) is 2.57. The molecular formula is C5H4INO3. The summed E-state index contributed by atoms with van der Waals surface area (Å²) in [5.41, 5.74) is 0.201. The van der Waals surface area contributed by atoms with Gasteiger partial charge in [-0.2, -0.15) is 0 Å². The average Bonchev–Trinajstić information content (AvgIpc) is 2.34. The molecule has 4 nitrogen and oxygen atoms in total. The Morgan fingerprint density at radius 2 is 2.60 bits per heavy atom. The second kappa shape index (κ2) is 3.00. The Morgan fingerprint density at radius 3 is 3.00 bits per heavy atom. The number of hydrogen-bond acceptors (Lipinski definition) is 4. The lowest BCUT2D eigenvalue weighted by Crippen LogP contribution is -2.00. The summed E-state index contributed by atoms with van der Waals surface area (Å²) in [6, 6.07) is 1.51. The molecule has 10 heavy (non-hydrogen) atoms. The van der Waals surface area contributed by atoms with E-state index in [1.807, 2.05) is 22.6 Å². The largest absolute Gasteiger partial charge is 0.464 e. The minimum atomic E-state index is -0.480. The number of aromatic nitrogens is 1. The third kappa shape index (κ3) is 1.47. The smallest absolute Gasteiger partial charge is 0.360 e. The van der Waals surface area contributed by atoms with Gasteiger partial charge >= 0.3 is 5.97 Å². The summed E-state index contributed by atoms with van der Waals surface area (Å²) in [7, 11) is 1.30. The van der Waals surface area contributed by atoms with Crippen LogP contribution in [-0.4, -0.2) is 18.2 Å². The lowest BCUT2D eigenvalue weighted by atomic mass is 10.4. The molecule has 0 saturated heterocycles. The van der Waals surface area contributed by atoms with E-state index in [0.29, 0.717) is 3.77 Å². The maximum absolute atomic E-state index is 10.7. The van der Waals surface area contributed by atoms with Crippen molar-refractivity contribution in [2.75, 3.05) is 7.11 Å². The Morgan fingerprint density at radius 1 is 1.90 bits per heavy atom. The zero-order chi connectivity index (χ0) is 7.56. The maximum atomic E-state index is 10.7. The number of methoxy groups -OCH3 is 1. The van der Waals surface area contributed by atoms with Crippen LogP contribution in [0.15, 0.2) is 10.6 Å². The van der Waals surface area contributed by atoms with Gasteiger partial charge in [0.15, 0.2) is 9.46 Å². The van der Waals surface area contributed by atoms with Gasteiger partial charge in [0.1, 0.15) is 0 Å². The number of rotatable bonds is 1. The number of ether oxygens (including phenoxy) is 1. The molecule has 0 unspecified atom stereocenters. The van der Waals surface area contributed by atoms with E-state index in [4.69, 9.17) is 0 Å². The molecule has 5 heteroatoms. The fraction of sp³-hybridized carbons (Fsp3) is 0.200. The zero-order valence-corrected chi connectivity index (χ0v) is 7.28. The molecule has 1 rings (SSSR count). The van der Waals surface area contributed by atoms with E-state index in [9.17, 15) is 4.79 Å². The quantitative estimate of drug-likeness (QED) is 0.554. The predicted molar refractivity (Wildman–Crippen MR) is 40.6 cm³/mol. The molecule has 0 aromatic carbocycles. The Balaban J connectivity index is 2.85. The van der Waals surface area contributed by atoms with E-state index in [0.717, 1.165) is 0 Å². The number of nitrogens with zero attached hydrogens (tertiary/aromatic N) is 1. The molecule has 0 N–H and O–H groups in total. The molecule has 0 atom stereocenters. The van der Waals surface area contributed by atoms with Gasteiger partial charge in [-0.05, 0) is 0 Å². The highest BCUT2D eigenvalue weighted by atomic mass is 127. The molecule has 0 amide bonds. The second-order valence-electron chi connectivity index (χ2n) is 1.51. The molecule has 1 aromatic rings. The van der Waals surface area contributed by atoms with Crippen molar-refractivity contribution in [1.82, 2.24) is 5.16 Å². The monoisotopic (exact) mass is 253 g/mol. The van der Waals surface area contributed by atoms with E-state index in [-0.39, 0.29) is 5.69 Å². The molecule has 0 aliphatic carbocycles. The predicted octanol–water partition coefficient (Wildman–Crippen LogP) is 1.07. The van der Waals surface area contributed by atoms with Gasteiger partial charge in [0.25, 0.3) is 0 Å². The highest BCUT2D eigenvalue weighted by Gasteiger charge is 2.09. The van der Waals surface area contributed by atoms with Crippen LogP contribution in [0.3, 0.4) is 0 Å². The number of carbonyl (C=O) groups excluding carboxylic acids is 1. The molecule has 0 aliphatic heterocycles. The Hall–Kier alpha value is -0.590. The summed E-state index contributed by atoms with van der Waals surface area (Å²) in [5.74, 6) is -0.480. The van der Waals surface area contributed by atoms with Crippen molar-refractivity contribution in [2.45, 2.75) is 0 Å². The standard InChI is InChI=1S/C5H4INO3/c1-9-5(8)3-2-4(6)10-7-3/h2H,1H3. The third-order valence-electron chi connectivity index (χ3n) is 0.876. The summed E-state index contributed by atoms with van der Waals surface area (Å²) in [6.45, 7) is 0. The molecular weight excluding hydrogens is 249 g/mol. The molecule has 0 aliphatic rings. The van der Waals surface area contributed by atoms with E-state index in [1.165, 1.54) is 13.2 Å². The van der Waals surface area contributed by atoms with Crippen LogP contribution in [0.2, 0.25) is 0 Å². The molecule has 0 radical (unpaired) electrons. The third-order valence-corrected chi connectivity index (χ3v) is 1.38. The Bertz CT molecular complexity index is 245. The van der Waals surface area contributed by atoms with Gasteiger partial charge in [-0.15, -0.1) is 0 Å². The normalized spacial score (nSPS) is 9.40. The lowest BCUT2D eigenvalue weighted by Gasteiger charge is -1.88. The van der Waals surface area contributed by atoms with Gasteiger partial charge in [-0.25, -0.2) is 4.79 Å². The fourth-order valence-corrected chi connectivity index (χ4v) is 0.847. The van der Waals surface area contributed by atoms with Gasteiger partial charge in [0.2, 0.25) is 0 Å². The van der Waals surface area contributed by atoms with E-state index < -0.39 is 5.97 Å². The first-order valence-electron chi connectivity index (χ1n) is 2.44. The van der Waals surface area contributed by atoms with Crippen LogP contribution in [0.1, 0.15) is 10.5 Å². The Kier molecular flexibility index (Phi) is 2.25. The highest BCUT2D eigenvalue weighted by Crippen LogP contribution is 2.06. The summed E-state index contributed by atoms with van der Waals surface area (Å²) >= 11 is 1.91. The average molecular weight is 253 g/mol. The van der Waals surface area contributed by atoms with Crippen molar-refractivity contribution in [1.29, 1.82) is 0 Å². The number of carbonyl (C=O) groups is 1. The van der Waals surface area contributed by atoms with Crippen LogP contribution in [0, 0.1) is 3.77 Å². The number of hydrogen-bond donors (Lipinski definition) is 0. The lowest BCUT2D eigenvalue weighted by molar-refractivity contribution is 0.0589. The minimum Gasteiger partial charge on any atom is -0.464 e. The van der Waals surface area contributed by atoms with Crippen molar-refractivity contribution in [3.8, 4) is 0 Å². The minimum absolute atomic E-state index is 0.201. The molecule has 1 aromatic heterocycles. The SMILES string of the molecule is COC(=O)c1cc(I)on1. The van der Waals surface area contributed by atoms with Crippen molar-refractivity contribution < 1.29 is 14.1 Å². The Labute approximate surface area is 70.7 Å². The van der Waals surface area contributed by atoms with Gasteiger partial charge in [-0.1, -0.05) is 5.16 Å². The van der Waals surface area contributed by atoms with Crippen LogP contribution in [0.4, 0.5) is 0 Å². The number of halogens is 1. The van der Waals surface area contributed by atoms with Crippen molar-refractivity contribution >= 4 is 28.6 Å². The highest BCUT2D eigenvalue weighted by molar-refractivity contribution is 14.1. The first-order valence-corrected chi connectivity index (χ1v) is 3.52. The maximum Gasteiger partial charge on any atom is 0.360 e. The zero-order valence-electron chi connectivity index (χ0n) is 5.13. The molecule has 0 saturated carbocycles. The van der Waals surface area contributed by atoms with Crippen molar-refractivity contribution in [2.24, 2.45) is 0 Å². The molecule has 0 spiro atoms. The summed E-state index contributed by atoms with van der Waals surface area (Å²) in [4.78, 5) is 10.7. The first kappa shape index (κ1) is 7.52. The van der Waals surface area contributed by atoms with Crippen LogP contribution in [0.25, 0.3) is 0 Å². The van der Waals surface area contributed by atoms with Gasteiger partial charge in [0.05, 0.1) is 7.11 Å². The van der Waals surface area contributed by atoms with Gasteiger partial charge in [0, 0.05) is 28.7 Å². The van der Waals surface area contributed by atoms with E-state index >= 15 is 0 Å². The van der Waals surface area contributed by atoms with Gasteiger partial charge < -0.3 is 9.26 Å². The van der Waals surface area contributed by atoms with E-state index in [1.54, 1.807) is 0 Å². The molecule has 0 fully saturated rings. The van der Waals surface area contributed by atoms with Gasteiger partial charge in [-0.3, -0.25) is 0 Å². The summed E-state index contributed by atoms with van der Waals surface area (Å²) < 4.78 is 9.58. The molecule has 0 bridgehead atoms. The molecule has 54 valence electrons.